The molecule has 0 spiro atoms. The Morgan fingerprint density at radius 1 is 1.60 bits per heavy atom. The molecule has 0 unspecified atom stereocenters. The lowest BCUT2D eigenvalue weighted by Crippen LogP contribution is -2.44. The van der Waals surface area contributed by atoms with E-state index >= 15 is 0 Å². The molecule has 1 aliphatic rings. The number of hydrogen-bond acceptors (Lipinski definition) is 2. The van der Waals surface area contributed by atoms with Crippen molar-refractivity contribution in [2.45, 2.75) is 45.8 Å². The Morgan fingerprint density at radius 3 is 2.67 bits per heavy atom. The summed E-state index contributed by atoms with van der Waals surface area (Å²) in [7, 11) is -2.69. The molecule has 0 radical (unpaired) electrons. The van der Waals surface area contributed by atoms with Crippen molar-refractivity contribution in [2.75, 3.05) is 12.7 Å². The van der Waals surface area contributed by atoms with Gasteiger partial charge in [0.1, 0.15) is 0 Å². The third-order valence-corrected chi connectivity index (χ3v) is 5.54. The number of hydrogen-bond donors (Lipinski definition) is 0. The predicted molar refractivity (Wildman–Crippen MR) is 64.3 cm³/mol. The number of nitrogens with zero attached hydrogens (tertiary/aromatic N) is 1. The second-order valence-electron chi connectivity index (χ2n) is 5.11. The summed E-state index contributed by atoms with van der Waals surface area (Å²) in [6.07, 6.45) is 3.17. The molecule has 0 aromatic rings. The van der Waals surface area contributed by atoms with Crippen LogP contribution in [0.1, 0.15) is 34.1 Å². The van der Waals surface area contributed by atoms with Crippen LogP contribution in [0.3, 0.4) is 0 Å². The predicted octanol–water partition coefficient (Wildman–Crippen LogP) is 3.27. The summed E-state index contributed by atoms with van der Waals surface area (Å²) < 4.78 is 20.3. The summed E-state index contributed by atoms with van der Waals surface area (Å²) in [4.78, 5) is 0. The molecule has 1 heterocycles. The van der Waals surface area contributed by atoms with Crippen LogP contribution in [0.5, 0.6) is 0 Å². The van der Waals surface area contributed by atoms with Crippen LogP contribution in [0.15, 0.2) is 12.7 Å². The van der Waals surface area contributed by atoms with Gasteiger partial charge in [0.05, 0.1) is 12.3 Å². The molecule has 0 aliphatic carbocycles. The average molecular weight is 231 g/mol. The van der Waals surface area contributed by atoms with E-state index in [1.165, 1.54) is 0 Å². The Balaban J connectivity index is 2.94. The van der Waals surface area contributed by atoms with Gasteiger partial charge >= 0.3 is 0 Å². The van der Waals surface area contributed by atoms with Crippen molar-refractivity contribution in [1.82, 2.24) is 4.67 Å². The van der Waals surface area contributed by atoms with Crippen molar-refractivity contribution >= 4 is 7.52 Å². The first kappa shape index (κ1) is 13.0. The van der Waals surface area contributed by atoms with E-state index in [9.17, 15) is 4.57 Å². The summed E-state index contributed by atoms with van der Waals surface area (Å²) >= 11 is 0. The van der Waals surface area contributed by atoms with Crippen molar-refractivity contribution in [3.63, 3.8) is 0 Å². The van der Waals surface area contributed by atoms with E-state index in [0.29, 0.717) is 6.16 Å². The van der Waals surface area contributed by atoms with E-state index in [4.69, 9.17) is 4.52 Å². The Morgan fingerprint density at radius 2 is 2.20 bits per heavy atom. The van der Waals surface area contributed by atoms with Gasteiger partial charge in [-0.05, 0) is 34.1 Å². The summed E-state index contributed by atoms with van der Waals surface area (Å²) in [6, 6.07) is 0. The quantitative estimate of drug-likeness (QED) is 0.539. The zero-order chi connectivity index (χ0) is 11.7. The minimum absolute atomic E-state index is 0.0920. The number of rotatable bonds is 2. The van der Waals surface area contributed by atoms with Crippen molar-refractivity contribution in [1.29, 1.82) is 0 Å². The van der Waals surface area contributed by atoms with Gasteiger partial charge in [0, 0.05) is 12.1 Å². The van der Waals surface area contributed by atoms with Crippen LogP contribution in [0, 0.1) is 0 Å². The molecule has 0 aromatic heterocycles. The van der Waals surface area contributed by atoms with Crippen LogP contribution in [0.4, 0.5) is 0 Å². The van der Waals surface area contributed by atoms with Gasteiger partial charge < -0.3 is 4.52 Å². The molecular weight excluding hydrogens is 209 g/mol. The van der Waals surface area contributed by atoms with Crippen LogP contribution in [-0.4, -0.2) is 29.0 Å². The molecule has 1 rings (SSSR count). The SMILES string of the molecule is C=CC[P@@]1(=O)O[C@@H](C)CCN1C(C)(C)C. The summed E-state index contributed by atoms with van der Waals surface area (Å²) in [5.74, 6) is 0. The molecule has 0 bridgehead atoms. The largest absolute Gasteiger partial charge is 0.314 e. The molecular formula is C11H22NO2P. The van der Waals surface area contributed by atoms with Gasteiger partial charge in [0.15, 0.2) is 0 Å². The van der Waals surface area contributed by atoms with Crippen molar-refractivity contribution in [3.05, 3.63) is 12.7 Å². The molecule has 1 saturated heterocycles. The molecule has 15 heavy (non-hydrogen) atoms. The van der Waals surface area contributed by atoms with E-state index in [0.717, 1.165) is 13.0 Å². The van der Waals surface area contributed by atoms with Crippen LogP contribution >= 0.6 is 7.52 Å². The van der Waals surface area contributed by atoms with Gasteiger partial charge in [-0.15, -0.1) is 6.58 Å². The monoisotopic (exact) mass is 231 g/mol. The molecule has 3 nitrogen and oxygen atoms in total. The summed E-state index contributed by atoms with van der Waals surface area (Å²) in [6.45, 7) is 12.7. The third kappa shape index (κ3) is 2.93. The van der Waals surface area contributed by atoms with Crippen LogP contribution < -0.4 is 0 Å². The third-order valence-electron chi connectivity index (χ3n) is 2.59. The van der Waals surface area contributed by atoms with Crippen molar-refractivity contribution in [2.24, 2.45) is 0 Å². The highest BCUT2D eigenvalue weighted by molar-refractivity contribution is 7.56. The van der Waals surface area contributed by atoms with Crippen LogP contribution in [0.25, 0.3) is 0 Å². The van der Waals surface area contributed by atoms with Crippen molar-refractivity contribution < 1.29 is 9.09 Å². The van der Waals surface area contributed by atoms with E-state index in [-0.39, 0.29) is 11.6 Å². The van der Waals surface area contributed by atoms with E-state index in [2.05, 4.69) is 27.4 Å². The standard InChI is InChI=1S/C11H22NO2P/c1-6-9-15(13)12(11(3,4)5)8-7-10(2)14-15/h6,10H,1,7-9H2,2-5H3/t10-,15+/m0/s1. The first-order chi connectivity index (χ1) is 6.79. The molecule has 0 aromatic carbocycles. The van der Waals surface area contributed by atoms with E-state index in [1.807, 2.05) is 11.6 Å². The van der Waals surface area contributed by atoms with Crippen LogP contribution in [-0.2, 0) is 9.09 Å². The highest BCUT2D eigenvalue weighted by Crippen LogP contribution is 2.57. The maximum absolute atomic E-state index is 12.7. The van der Waals surface area contributed by atoms with Gasteiger partial charge in [-0.3, -0.25) is 4.57 Å². The number of allylic oxidation sites excluding steroid dienone is 1. The second-order valence-corrected chi connectivity index (χ2v) is 7.44. The highest BCUT2D eigenvalue weighted by Gasteiger charge is 2.42. The summed E-state index contributed by atoms with van der Waals surface area (Å²) in [5.41, 5.74) is -0.112. The first-order valence-corrected chi connectivity index (χ1v) is 7.22. The minimum atomic E-state index is -2.69. The molecule has 88 valence electrons. The van der Waals surface area contributed by atoms with E-state index < -0.39 is 7.52 Å². The lowest BCUT2D eigenvalue weighted by molar-refractivity contribution is 0.101. The Labute approximate surface area is 93.0 Å². The zero-order valence-corrected chi connectivity index (χ0v) is 11.1. The molecule has 0 saturated carbocycles. The molecule has 1 aliphatic heterocycles. The average Bonchev–Trinajstić information content (AvgIpc) is 2.00. The molecule has 1 fully saturated rings. The van der Waals surface area contributed by atoms with E-state index in [1.54, 1.807) is 6.08 Å². The van der Waals surface area contributed by atoms with Gasteiger partial charge in [-0.25, -0.2) is 4.67 Å². The van der Waals surface area contributed by atoms with Crippen molar-refractivity contribution in [3.8, 4) is 0 Å². The van der Waals surface area contributed by atoms with Gasteiger partial charge in [-0.2, -0.15) is 0 Å². The lowest BCUT2D eigenvalue weighted by Gasteiger charge is -2.45. The van der Waals surface area contributed by atoms with Crippen LogP contribution in [0.2, 0.25) is 0 Å². The molecule has 4 heteroatoms. The Kier molecular flexibility index (Phi) is 3.80. The fourth-order valence-electron chi connectivity index (χ4n) is 1.94. The Bertz CT molecular complexity index is 283. The normalized spacial score (nSPS) is 34.0. The fourth-order valence-corrected chi connectivity index (χ4v) is 4.67. The first-order valence-electron chi connectivity index (χ1n) is 5.46. The lowest BCUT2D eigenvalue weighted by atomic mass is 10.1. The molecule has 2 atom stereocenters. The topological polar surface area (TPSA) is 29.5 Å². The zero-order valence-electron chi connectivity index (χ0n) is 10.2. The molecule has 0 amide bonds. The highest BCUT2D eigenvalue weighted by atomic mass is 31.2. The second kappa shape index (κ2) is 4.40. The summed E-state index contributed by atoms with van der Waals surface area (Å²) in [5, 5.41) is 0. The fraction of sp³-hybridized carbons (Fsp3) is 0.818. The maximum Gasteiger partial charge on any atom is 0.276 e. The molecule has 0 N–H and O–H groups in total. The van der Waals surface area contributed by atoms with Gasteiger partial charge in [-0.1, -0.05) is 6.08 Å². The minimum Gasteiger partial charge on any atom is -0.314 e. The Hall–Kier alpha value is -0.110. The smallest absolute Gasteiger partial charge is 0.276 e. The van der Waals surface area contributed by atoms with Gasteiger partial charge in [0.25, 0.3) is 7.52 Å². The van der Waals surface area contributed by atoms with Gasteiger partial charge in [0.2, 0.25) is 0 Å². The maximum atomic E-state index is 12.7.